The number of aromatic nitrogens is 9. The maximum Gasteiger partial charge on any atom is 0.228 e. The van der Waals surface area contributed by atoms with Gasteiger partial charge in [0.1, 0.15) is 21.8 Å². The second-order valence-electron chi connectivity index (χ2n) is 28.0. The van der Waals surface area contributed by atoms with E-state index in [1.54, 1.807) is 66.1 Å². The second kappa shape index (κ2) is 43.5. The van der Waals surface area contributed by atoms with E-state index in [0.29, 0.717) is 5.89 Å². The van der Waals surface area contributed by atoms with Gasteiger partial charge in [-0.2, -0.15) is 0 Å². The predicted octanol–water partition coefficient (Wildman–Crippen LogP) is 27.0. The molecule has 0 fully saturated rings. The fourth-order valence-corrected chi connectivity index (χ4v) is 17.0. The van der Waals surface area contributed by atoms with Crippen LogP contribution >= 0.6 is 22.7 Å². The van der Waals surface area contributed by atoms with Crippen molar-refractivity contribution < 1.29 is 4.42 Å². The normalized spacial score (nSPS) is 12.2. The minimum atomic E-state index is -0.0867. The van der Waals surface area contributed by atoms with Crippen molar-refractivity contribution >= 4 is 103 Å². The van der Waals surface area contributed by atoms with E-state index in [2.05, 4.69) is 194 Å². The molecule has 1 unspecified atom stereocenters. The van der Waals surface area contributed by atoms with Crippen molar-refractivity contribution in [3.63, 3.8) is 0 Å². The summed E-state index contributed by atoms with van der Waals surface area (Å²) in [5, 5.41) is 1.93. The third-order valence-electron chi connectivity index (χ3n) is 19.3. The van der Waals surface area contributed by atoms with Crippen molar-refractivity contribution in [2.45, 2.75) is 6.04 Å². The number of benzene rings is 10. The van der Waals surface area contributed by atoms with E-state index >= 15 is 0 Å². The number of thiazole rings is 2. The molecular formula is C109H80N12OS2Se. The molecule has 600 valence electrons. The first kappa shape index (κ1) is 83.0. The molecule has 125 heavy (non-hydrogen) atoms. The second-order valence-corrected chi connectivity index (χ2v) is 32.2. The van der Waals surface area contributed by atoms with Gasteiger partial charge in [-0.1, -0.05) is 249 Å². The number of aliphatic imine (C=N–C) groups is 3. The molecule has 1 aliphatic heterocycles. The van der Waals surface area contributed by atoms with Crippen LogP contribution in [0.2, 0.25) is 0 Å². The molecule has 16 heteroatoms. The first-order valence-corrected chi connectivity index (χ1v) is 43.8. The van der Waals surface area contributed by atoms with Gasteiger partial charge in [-0.3, -0.25) is 29.9 Å². The molecule has 0 saturated carbocycles. The molecular weight excluding hydrogens is 1640 g/mol. The summed E-state index contributed by atoms with van der Waals surface area (Å²) in [6.45, 7) is 0. The first-order valence-electron chi connectivity index (χ1n) is 40.5. The topological polar surface area (TPSA) is 166 Å². The summed E-state index contributed by atoms with van der Waals surface area (Å²) in [7, 11) is 0. The Kier molecular flexibility index (Phi) is 28.9. The maximum atomic E-state index is 6.04. The van der Waals surface area contributed by atoms with E-state index in [0.717, 1.165) is 137 Å². The molecule has 1 atom stereocenters. The molecule has 0 aliphatic carbocycles. The van der Waals surface area contributed by atoms with Crippen LogP contribution in [-0.4, -0.2) is 77.1 Å². The largest absolute Gasteiger partial charge is 0.436 e. The summed E-state index contributed by atoms with van der Waals surface area (Å²) in [6, 6.07) is 122. The summed E-state index contributed by atoms with van der Waals surface area (Å²) >= 11 is 3.48. The molecule has 0 saturated heterocycles. The number of rotatable bonds is 20. The zero-order valence-electron chi connectivity index (χ0n) is 67.7. The summed E-state index contributed by atoms with van der Waals surface area (Å²) in [5.74, 6) is 2.03. The van der Waals surface area contributed by atoms with Crippen LogP contribution in [0.25, 0.3) is 130 Å². The van der Waals surface area contributed by atoms with Crippen LogP contribution in [0.15, 0.2) is 451 Å². The zero-order valence-corrected chi connectivity index (χ0v) is 71.0. The molecule has 13 nitrogen and oxygen atoms in total. The molecule has 19 aromatic rings. The number of oxazole rings is 1. The van der Waals surface area contributed by atoms with Gasteiger partial charge in [-0.15, -0.1) is 22.7 Å². The maximum absolute atomic E-state index is 6.04. The van der Waals surface area contributed by atoms with E-state index in [1.165, 1.54) is 15.6 Å². The molecule has 10 heterocycles. The number of pyridine rings is 5. The minimum Gasteiger partial charge on any atom is -0.436 e. The van der Waals surface area contributed by atoms with Gasteiger partial charge in [0.15, 0.2) is 11.6 Å². The number of para-hydroxylation sites is 1. The Morgan fingerprint density at radius 2 is 0.664 bits per heavy atom. The molecule has 0 spiro atoms. The number of nitrogens with zero attached hydrogens (tertiary/aromatic N) is 12. The third kappa shape index (κ3) is 23.3. The van der Waals surface area contributed by atoms with Gasteiger partial charge in [0.25, 0.3) is 0 Å². The van der Waals surface area contributed by atoms with Crippen LogP contribution in [0.5, 0.6) is 0 Å². The van der Waals surface area contributed by atoms with Crippen LogP contribution in [0.1, 0.15) is 59.4 Å². The van der Waals surface area contributed by atoms with Crippen molar-refractivity contribution in [1.82, 2.24) is 44.9 Å². The van der Waals surface area contributed by atoms with Crippen LogP contribution in [0, 0.1) is 0 Å². The molecule has 0 bridgehead atoms. The van der Waals surface area contributed by atoms with Gasteiger partial charge in [-0.05, 0) is 101 Å². The number of amidine groups is 1. The quantitative estimate of drug-likeness (QED) is 0.0529. The average Bonchev–Trinajstić information content (AvgIpc) is 1.69. The Labute approximate surface area is 741 Å². The minimum absolute atomic E-state index is 0.0867. The summed E-state index contributed by atoms with van der Waals surface area (Å²) in [5.41, 5.74) is 20.9. The van der Waals surface area contributed by atoms with E-state index in [9.17, 15) is 0 Å². The van der Waals surface area contributed by atoms with Crippen LogP contribution < -0.4 is 0 Å². The predicted molar refractivity (Wildman–Crippen MR) is 519 cm³/mol. The summed E-state index contributed by atoms with van der Waals surface area (Å²) < 4.78 is 8.46. The molecule has 1 aliphatic rings. The van der Waals surface area contributed by atoms with Gasteiger partial charge in [0.05, 0.1) is 38.1 Å². The Hall–Kier alpha value is -15.7. The molecule has 9 aromatic heterocycles. The molecule has 0 N–H and O–H groups in total. The average molecular weight is 1720 g/mol. The van der Waals surface area contributed by atoms with E-state index in [4.69, 9.17) is 34.3 Å². The fourth-order valence-electron chi connectivity index (χ4n) is 13.1. The first-order chi connectivity index (χ1) is 62.0. The van der Waals surface area contributed by atoms with Gasteiger partial charge < -0.3 is 4.42 Å². The van der Waals surface area contributed by atoms with Gasteiger partial charge in [0.2, 0.25) is 5.89 Å². The fraction of sp³-hybridized carbons (Fsp3) is 0.00917. The van der Waals surface area contributed by atoms with Crippen LogP contribution in [-0.2, 0) is 0 Å². The Morgan fingerprint density at radius 3 is 1.13 bits per heavy atom. The number of hydrogen-bond donors (Lipinski definition) is 0. The van der Waals surface area contributed by atoms with Crippen molar-refractivity contribution in [3.8, 4) is 87.8 Å². The Bertz CT molecular complexity index is 6090. The Morgan fingerprint density at radius 1 is 0.296 bits per heavy atom. The van der Waals surface area contributed by atoms with Crippen molar-refractivity contribution in [2.75, 3.05) is 0 Å². The van der Waals surface area contributed by atoms with Crippen LogP contribution in [0.3, 0.4) is 0 Å². The summed E-state index contributed by atoms with van der Waals surface area (Å²) in [4.78, 5) is 56.8. The molecule has 0 amide bonds. The SMILES string of the molecule is C(=C\c1[se]c(-c2cccnc2)nc1-c1ccccc1)/c1ccccc1.C(=C\c1ccccc1)/C1=NC(c2cccnc2)=NC1c1ccccc1.C(=C\c1oc(-c2cccnc2)nc1-c1ccccc1)/c1ccccc1.C(=C\c1sc(-c2cccnc2)nc1-c1ccccc1)/c1ccccc1.C(=Nc1ccccc1)c1sc(-c2cccnc2)nc1-c1ccccc1. The van der Waals surface area contributed by atoms with Gasteiger partial charge >= 0.3 is 153 Å². The van der Waals surface area contributed by atoms with E-state index < -0.39 is 0 Å². The van der Waals surface area contributed by atoms with Crippen molar-refractivity contribution in [3.05, 3.63) is 485 Å². The molecule has 10 aromatic carbocycles. The third-order valence-corrected chi connectivity index (χ3v) is 23.6. The van der Waals surface area contributed by atoms with E-state index in [1.807, 2.05) is 274 Å². The Balaban J connectivity index is 0.000000115. The molecule has 20 rings (SSSR count). The van der Waals surface area contributed by atoms with E-state index in [-0.39, 0.29) is 20.5 Å². The van der Waals surface area contributed by atoms with Gasteiger partial charge in [0, 0.05) is 89.2 Å². The van der Waals surface area contributed by atoms with Gasteiger partial charge in [-0.25, -0.2) is 19.9 Å². The summed E-state index contributed by atoms with van der Waals surface area (Å²) in [6.07, 6.45) is 36.7. The molecule has 0 radical (unpaired) electrons. The number of hydrogen-bond acceptors (Lipinski definition) is 15. The standard InChI is InChI=1S/C22H17N3.C22H16N2O.C22H16N2S.C22H16N2Se.C21H15N3S/c1-3-8-17(9-4-1)13-14-20-21(18-10-5-2-6-11-18)25-22(24-20)19-12-7-15-23-16-19;3*1-3-8-17(9-4-1)13-14-20-21(18-10-5-2-6-11-18)24-22(25-20)19-12-7-15-23-16-19;1-3-8-16(9-4-1)20-19(15-23-18-11-5-2-6-12-18)25-21(24-20)17-10-7-13-22-14-17/h1-16,21H;3*1-16H;1-15H/b4*14-13+;. The monoisotopic (exact) mass is 1720 g/mol. The smallest absolute Gasteiger partial charge is 0.228 e. The van der Waals surface area contributed by atoms with Crippen molar-refractivity contribution in [2.24, 2.45) is 15.0 Å². The van der Waals surface area contributed by atoms with Crippen LogP contribution in [0.4, 0.5) is 5.69 Å². The van der Waals surface area contributed by atoms with Crippen molar-refractivity contribution in [1.29, 1.82) is 0 Å². The zero-order chi connectivity index (χ0) is 84.5.